The first-order chi connectivity index (χ1) is 7.10. The highest BCUT2D eigenvalue weighted by atomic mass is 16.3. The first-order valence-corrected chi connectivity index (χ1v) is 5.96. The molecule has 2 heterocycles. The molecule has 2 saturated heterocycles. The molecular formula is C11H22N2O2. The normalized spacial score (nSPS) is 31.2. The van der Waals surface area contributed by atoms with Gasteiger partial charge < -0.3 is 10.2 Å². The largest absolute Gasteiger partial charge is 0.390 e. The van der Waals surface area contributed by atoms with Crippen molar-refractivity contribution in [3.8, 4) is 0 Å². The number of hydrogen-bond acceptors (Lipinski definition) is 4. The van der Waals surface area contributed by atoms with Crippen LogP contribution >= 0.6 is 0 Å². The Hall–Kier alpha value is -0.160. The minimum Gasteiger partial charge on any atom is -0.390 e. The predicted molar refractivity (Wildman–Crippen MR) is 58.5 cm³/mol. The zero-order chi connectivity index (χ0) is 11.1. The van der Waals surface area contributed by atoms with E-state index in [1.807, 2.05) is 0 Å². The lowest BCUT2D eigenvalue weighted by molar-refractivity contribution is -0.141. The third kappa shape index (κ3) is 1.69. The molecule has 2 N–H and O–H groups in total. The summed E-state index contributed by atoms with van der Waals surface area (Å²) in [5.74, 6) is 0. The fourth-order valence-electron chi connectivity index (χ4n) is 3.09. The van der Waals surface area contributed by atoms with Crippen molar-refractivity contribution < 1.29 is 10.2 Å². The molecule has 15 heavy (non-hydrogen) atoms. The summed E-state index contributed by atoms with van der Waals surface area (Å²) in [7, 11) is 0. The van der Waals surface area contributed by atoms with Crippen LogP contribution in [0.5, 0.6) is 0 Å². The number of rotatable bonds is 4. The van der Waals surface area contributed by atoms with Crippen LogP contribution in [0, 0.1) is 0 Å². The topological polar surface area (TPSA) is 46.7 Å². The Kier molecular flexibility index (Phi) is 3.03. The number of aliphatic hydroxyl groups excluding tert-OH is 2. The van der Waals surface area contributed by atoms with Crippen molar-refractivity contribution in [1.82, 2.24) is 9.80 Å². The van der Waals surface area contributed by atoms with E-state index >= 15 is 0 Å². The first kappa shape index (κ1) is 11.3. The quantitative estimate of drug-likeness (QED) is 0.639. The Morgan fingerprint density at radius 3 is 1.60 bits per heavy atom. The Labute approximate surface area is 91.5 Å². The average Bonchev–Trinajstić information content (AvgIpc) is 2.81. The zero-order valence-corrected chi connectivity index (χ0v) is 9.69. The molecule has 0 aliphatic carbocycles. The molecule has 0 spiro atoms. The van der Waals surface area contributed by atoms with Gasteiger partial charge in [0.15, 0.2) is 0 Å². The van der Waals surface area contributed by atoms with Gasteiger partial charge in [-0.1, -0.05) is 0 Å². The van der Waals surface area contributed by atoms with E-state index < -0.39 is 17.9 Å². The molecule has 0 aromatic rings. The molecule has 4 heteroatoms. The maximum atomic E-state index is 10.1. The van der Waals surface area contributed by atoms with Gasteiger partial charge in [-0.2, -0.15) is 0 Å². The van der Waals surface area contributed by atoms with E-state index in [1.54, 1.807) is 13.8 Å². The fraction of sp³-hybridized carbons (Fsp3) is 1.00. The molecule has 2 fully saturated rings. The van der Waals surface area contributed by atoms with E-state index in [2.05, 4.69) is 9.80 Å². The Morgan fingerprint density at radius 2 is 1.27 bits per heavy atom. The molecule has 0 aromatic carbocycles. The van der Waals surface area contributed by atoms with Crippen LogP contribution in [-0.2, 0) is 0 Å². The minimum absolute atomic E-state index is 0.516. The molecule has 0 amide bonds. The van der Waals surface area contributed by atoms with Crippen LogP contribution in [0.15, 0.2) is 0 Å². The van der Waals surface area contributed by atoms with E-state index in [9.17, 15) is 10.2 Å². The van der Waals surface area contributed by atoms with Crippen LogP contribution in [-0.4, -0.2) is 64.1 Å². The second-order valence-electron chi connectivity index (χ2n) is 4.82. The SMILES string of the molecule is CC(O)C(C(C)O)(N1CCCC1)N1CC1. The third-order valence-electron chi connectivity index (χ3n) is 3.80. The third-order valence-corrected chi connectivity index (χ3v) is 3.80. The summed E-state index contributed by atoms with van der Waals surface area (Å²) in [6.45, 7) is 7.56. The number of likely N-dealkylation sites (tertiary alicyclic amines) is 1. The monoisotopic (exact) mass is 214 g/mol. The Morgan fingerprint density at radius 1 is 0.867 bits per heavy atom. The van der Waals surface area contributed by atoms with E-state index in [0.717, 1.165) is 26.2 Å². The van der Waals surface area contributed by atoms with Gasteiger partial charge in [-0.05, 0) is 26.7 Å². The highest BCUT2D eigenvalue weighted by Gasteiger charge is 2.54. The summed E-state index contributed by atoms with van der Waals surface area (Å²) in [4.78, 5) is 4.45. The van der Waals surface area contributed by atoms with E-state index in [0.29, 0.717) is 0 Å². The molecule has 2 rings (SSSR count). The highest BCUT2D eigenvalue weighted by Crippen LogP contribution is 2.36. The van der Waals surface area contributed by atoms with Gasteiger partial charge in [-0.15, -0.1) is 0 Å². The van der Waals surface area contributed by atoms with Crippen LogP contribution in [0.2, 0.25) is 0 Å². The standard InChI is InChI=1S/C11H22N2O2/c1-9(14)11(10(2)15,13-7-8-13)12-5-3-4-6-12/h9-10,14-15H,3-8H2,1-2H3. The molecule has 88 valence electrons. The van der Waals surface area contributed by atoms with Crippen LogP contribution in [0.4, 0.5) is 0 Å². The second-order valence-corrected chi connectivity index (χ2v) is 4.82. The summed E-state index contributed by atoms with van der Waals surface area (Å²) in [6.07, 6.45) is 1.32. The summed E-state index contributed by atoms with van der Waals surface area (Å²) in [5.41, 5.74) is -0.531. The molecule has 0 aromatic heterocycles. The van der Waals surface area contributed by atoms with Crippen molar-refractivity contribution in [3.05, 3.63) is 0 Å². The second kappa shape index (κ2) is 4.01. The van der Waals surface area contributed by atoms with Crippen molar-refractivity contribution in [2.24, 2.45) is 0 Å². The summed E-state index contributed by atoms with van der Waals surface area (Å²) in [5, 5.41) is 20.1. The molecule has 2 aliphatic heterocycles. The van der Waals surface area contributed by atoms with E-state index in [-0.39, 0.29) is 0 Å². The molecule has 4 nitrogen and oxygen atoms in total. The van der Waals surface area contributed by atoms with Crippen molar-refractivity contribution in [2.75, 3.05) is 26.2 Å². The van der Waals surface area contributed by atoms with E-state index in [1.165, 1.54) is 12.8 Å². The number of nitrogens with zero attached hydrogens (tertiary/aromatic N) is 2. The van der Waals surface area contributed by atoms with E-state index in [4.69, 9.17) is 0 Å². The van der Waals surface area contributed by atoms with Crippen LogP contribution in [0.3, 0.4) is 0 Å². The predicted octanol–water partition coefficient (Wildman–Crippen LogP) is -0.144. The van der Waals surface area contributed by atoms with Gasteiger partial charge in [0.25, 0.3) is 0 Å². The minimum atomic E-state index is -0.531. The lowest BCUT2D eigenvalue weighted by Gasteiger charge is -2.47. The lowest BCUT2D eigenvalue weighted by atomic mass is 9.95. The average molecular weight is 214 g/mol. The summed E-state index contributed by atoms with van der Waals surface area (Å²) in [6, 6.07) is 0. The number of hydrogen-bond donors (Lipinski definition) is 2. The number of aliphatic hydroxyl groups is 2. The highest BCUT2D eigenvalue weighted by molar-refractivity contribution is 5.05. The van der Waals surface area contributed by atoms with Gasteiger partial charge in [0.2, 0.25) is 0 Å². The van der Waals surface area contributed by atoms with Crippen molar-refractivity contribution in [2.45, 2.75) is 44.6 Å². The fourth-order valence-corrected chi connectivity index (χ4v) is 3.09. The van der Waals surface area contributed by atoms with Crippen molar-refractivity contribution in [3.63, 3.8) is 0 Å². The molecule has 0 bridgehead atoms. The van der Waals surface area contributed by atoms with Crippen LogP contribution < -0.4 is 0 Å². The molecule has 2 atom stereocenters. The van der Waals surface area contributed by atoms with Gasteiger partial charge in [0.05, 0.1) is 12.2 Å². The van der Waals surface area contributed by atoms with Gasteiger partial charge >= 0.3 is 0 Å². The summed E-state index contributed by atoms with van der Waals surface area (Å²) >= 11 is 0. The van der Waals surface area contributed by atoms with Gasteiger partial charge in [0.1, 0.15) is 5.66 Å². The smallest absolute Gasteiger partial charge is 0.126 e. The Balaban J connectivity index is 2.25. The van der Waals surface area contributed by atoms with Crippen molar-refractivity contribution in [1.29, 1.82) is 0 Å². The molecule has 0 saturated carbocycles. The van der Waals surface area contributed by atoms with Gasteiger partial charge in [0, 0.05) is 26.2 Å². The van der Waals surface area contributed by atoms with Gasteiger partial charge in [-0.25, -0.2) is 0 Å². The lowest BCUT2D eigenvalue weighted by Crippen LogP contribution is -2.66. The molecular weight excluding hydrogens is 192 g/mol. The Bertz CT molecular complexity index is 207. The van der Waals surface area contributed by atoms with Crippen molar-refractivity contribution >= 4 is 0 Å². The maximum Gasteiger partial charge on any atom is 0.126 e. The molecule has 0 radical (unpaired) electrons. The van der Waals surface area contributed by atoms with Gasteiger partial charge in [-0.3, -0.25) is 9.80 Å². The van der Waals surface area contributed by atoms with Crippen LogP contribution in [0.25, 0.3) is 0 Å². The van der Waals surface area contributed by atoms with Crippen LogP contribution in [0.1, 0.15) is 26.7 Å². The summed E-state index contributed by atoms with van der Waals surface area (Å²) < 4.78 is 0. The first-order valence-electron chi connectivity index (χ1n) is 5.96. The molecule has 2 aliphatic rings. The zero-order valence-electron chi connectivity index (χ0n) is 9.69. The molecule has 2 unspecified atom stereocenters. The maximum absolute atomic E-state index is 10.1.